The second-order valence-corrected chi connectivity index (χ2v) is 7.37. The lowest BCUT2D eigenvalue weighted by atomic mass is 10.1. The number of nitrogens with one attached hydrogen (secondary N) is 1. The van der Waals surface area contributed by atoms with Crippen molar-refractivity contribution in [2.45, 2.75) is 59.2 Å². The molecule has 2 aromatic rings. The third kappa shape index (κ3) is 3.11. The average molecular weight is 354 g/mol. The fourth-order valence-electron chi connectivity index (χ4n) is 3.79. The Morgan fingerprint density at radius 2 is 2.19 bits per heavy atom. The average Bonchev–Trinajstić information content (AvgIpc) is 3.26. The van der Waals surface area contributed by atoms with E-state index in [1.807, 2.05) is 36.5 Å². The number of rotatable bonds is 3. The highest BCUT2D eigenvalue weighted by atomic mass is 16.2. The van der Waals surface area contributed by atoms with Crippen LogP contribution in [-0.2, 0) is 24.3 Å². The van der Waals surface area contributed by atoms with Gasteiger partial charge >= 0.3 is 0 Å². The Balaban J connectivity index is 1.46. The monoisotopic (exact) mass is 354 g/mol. The summed E-state index contributed by atoms with van der Waals surface area (Å²) in [5.41, 5.74) is 5.36. The number of carbonyl (C=O) groups is 1. The fraction of sp³-hybridized carbons (Fsp3) is 0.579. The molecule has 7 heteroatoms. The molecule has 0 bridgehead atoms. The van der Waals surface area contributed by atoms with E-state index >= 15 is 0 Å². The zero-order chi connectivity index (χ0) is 18.3. The second-order valence-electron chi connectivity index (χ2n) is 7.37. The minimum atomic E-state index is 0.0998. The zero-order valence-corrected chi connectivity index (χ0v) is 15.7. The van der Waals surface area contributed by atoms with Gasteiger partial charge in [0.25, 0.3) is 0 Å². The molecule has 1 unspecified atom stereocenters. The van der Waals surface area contributed by atoms with Gasteiger partial charge in [0, 0.05) is 37.0 Å². The van der Waals surface area contributed by atoms with Gasteiger partial charge in [-0.3, -0.25) is 9.48 Å². The fourth-order valence-corrected chi connectivity index (χ4v) is 3.79. The summed E-state index contributed by atoms with van der Waals surface area (Å²) in [5.74, 6) is 1.00. The Labute approximate surface area is 153 Å². The third-order valence-corrected chi connectivity index (χ3v) is 5.71. The molecule has 138 valence electrons. The summed E-state index contributed by atoms with van der Waals surface area (Å²) in [5, 5.41) is 7.93. The number of carbonyl (C=O) groups excluding carboxylic acids is 1. The SMILES string of the molecule is Cc1nn(CC(=O)N2CCc3nc(C4CCCN4)ncc3C2)c(C)c1C. The quantitative estimate of drug-likeness (QED) is 0.906. The minimum Gasteiger partial charge on any atom is -0.336 e. The predicted octanol–water partition coefficient (Wildman–Crippen LogP) is 1.61. The molecule has 1 amide bonds. The van der Waals surface area contributed by atoms with Crippen LogP contribution in [0.25, 0.3) is 0 Å². The van der Waals surface area contributed by atoms with E-state index < -0.39 is 0 Å². The van der Waals surface area contributed by atoms with Gasteiger partial charge < -0.3 is 10.2 Å². The molecule has 1 fully saturated rings. The van der Waals surface area contributed by atoms with E-state index in [0.717, 1.165) is 53.4 Å². The Bertz CT molecular complexity index is 837. The van der Waals surface area contributed by atoms with Crippen molar-refractivity contribution in [2.24, 2.45) is 0 Å². The van der Waals surface area contributed by atoms with E-state index in [0.29, 0.717) is 19.6 Å². The van der Waals surface area contributed by atoms with Gasteiger partial charge in [-0.05, 0) is 45.7 Å². The lowest BCUT2D eigenvalue weighted by Crippen LogP contribution is -2.39. The van der Waals surface area contributed by atoms with E-state index in [2.05, 4.69) is 15.4 Å². The first-order valence-corrected chi connectivity index (χ1v) is 9.39. The van der Waals surface area contributed by atoms with Gasteiger partial charge in [-0.25, -0.2) is 9.97 Å². The Hall–Kier alpha value is -2.28. The van der Waals surface area contributed by atoms with E-state index in [9.17, 15) is 4.79 Å². The van der Waals surface area contributed by atoms with Crippen LogP contribution in [0.15, 0.2) is 6.20 Å². The van der Waals surface area contributed by atoms with Gasteiger partial charge in [-0.1, -0.05) is 0 Å². The van der Waals surface area contributed by atoms with Crippen LogP contribution >= 0.6 is 0 Å². The molecule has 7 nitrogen and oxygen atoms in total. The van der Waals surface area contributed by atoms with Gasteiger partial charge in [0.05, 0.1) is 17.4 Å². The molecule has 4 heterocycles. The first-order chi connectivity index (χ1) is 12.5. The highest BCUT2D eigenvalue weighted by Crippen LogP contribution is 2.23. The maximum atomic E-state index is 12.7. The van der Waals surface area contributed by atoms with Gasteiger partial charge in [-0.15, -0.1) is 0 Å². The number of hydrogen-bond donors (Lipinski definition) is 1. The van der Waals surface area contributed by atoms with Gasteiger partial charge in [0.1, 0.15) is 12.4 Å². The molecule has 1 N–H and O–H groups in total. The third-order valence-electron chi connectivity index (χ3n) is 5.71. The Morgan fingerprint density at radius 3 is 2.88 bits per heavy atom. The van der Waals surface area contributed by atoms with Crippen LogP contribution in [0.4, 0.5) is 0 Å². The molecule has 26 heavy (non-hydrogen) atoms. The van der Waals surface area contributed by atoms with E-state index in [-0.39, 0.29) is 11.9 Å². The largest absolute Gasteiger partial charge is 0.336 e. The van der Waals surface area contributed by atoms with E-state index in [1.54, 1.807) is 0 Å². The highest BCUT2D eigenvalue weighted by Gasteiger charge is 2.25. The minimum absolute atomic E-state index is 0.0998. The predicted molar refractivity (Wildman–Crippen MR) is 97.6 cm³/mol. The molecular weight excluding hydrogens is 328 g/mol. The van der Waals surface area contributed by atoms with Crippen molar-refractivity contribution < 1.29 is 4.79 Å². The number of hydrogen-bond acceptors (Lipinski definition) is 5. The van der Waals surface area contributed by atoms with Gasteiger partial charge in [0.15, 0.2) is 0 Å². The summed E-state index contributed by atoms with van der Waals surface area (Å²) in [6.45, 7) is 8.67. The summed E-state index contributed by atoms with van der Waals surface area (Å²) < 4.78 is 1.81. The van der Waals surface area contributed by atoms with Crippen molar-refractivity contribution in [1.82, 2.24) is 30.0 Å². The van der Waals surface area contributed by atoms with Gasteiger partial charge in [-0.2, -0.15) is 5.10 Å². The Kier molecular flexibility index (Phi) is 4.48. The Morgan fingerprint density at radius 1 is 1.35 bits per heavy atom. The first kappa shape index (κ1) is 17.1. The molecule has 2 aliphatic rings. The van der Waals surface area contributed by atoms with Crippen molar-refractivity contribution >= 4 is 5.91 Å². The molecule has 0 aliphatic carbocycles. The first-order valence-electron chi connectivity index (χ1n) is 9.39. The maximum Gasteiger partial charge on any atom is 0.244 e. The molecule has 1 atom stereocenters. The van der Waals surface area contributed by atoms with E-state index in [4.69, 9.17) is 4.98 Å². The molecule has 2 aliphatic heterocycles. The van der Waals surface area contributed by atoms with Crippen molar-refractivity contribution in [3.05, 3.63) is 40.2 Å². The number of aryl methyl sites for hydroxylation is 1. The number of amides is 1. The van der Waals surface area contributed by atoms with Crippen molar-refractivity contribution in [2.75, 3.05) is 13.1 Å². The maximum absolute atomic E-state index is 12.7. The normalized spacial score (nSPS) is 19.7. The van der Waals surface area contributed by atoms with E-state index in [1.165, 1.54) is 6.42 Å². The van der Waals surface area contributed by atoms with Crippen molar-refractivity contribution in [1.29, 1.82) is 0 Å². The van der Waals surface area contributed by atoms with Gasteiger partial charge in [0.2, 0.25) is 5.91 Å². The second kappa shape index (κ2) is 6.79. The molecule has 0 aromatic carbocycles. The van der Waals surface area contributed by atoms with Crippen LogP contribution in [0.2, 0.25) is 0 Å². The number of fused-ring (bicyclic) bond motifs is 1. The van der Waals surface area contributed by atoms with Crippen LogP contribution in [0, 0.1) is 20.8 Å². The summed E-state index contributed by atoms with van der Waals surface area (Å²) in [6.07, 6.45) is 4.98. The zero-order valence-electron chi connectivity index (χ0n) is 15.7. The molecular formula is C19H26N6O. The van der Waals surface area contributed by atoms with Crippen LogP contribution in [0.3, 0.4) is 0 Å². The number of nitrogens with zero attached hydrogens (tertiary/aromatic N) is 5. The summed E-state index contributed by atoms with van der Waals surface area (Å²) in [4.78, 5) is 24.0. The lowest BCUT2D eigenvalue weighted by molar-refractivity contribution is -0.133. The van der Waals surface area contributed by atoms with Crippen LogP contribution in [0.1, 0.15) is 52.9 Å². The smallest absolute Gasteiger partial charge is 0.244 e. The molecule has 0 spiro atoms. The summed E-state index contributed by atoms with van der Waals surface area (Å²) in [7, 11) is 0. The van der Waals surface area contributed by atoms with Crippen molar-refractivity contribution in [3.63, 3.8) is 0 Å². The van der Waals surface area contributed by atoms with Crippen molar-refractivity contribution in [3.8, 4) is 0 Å². The molecule has 1 saturated heterocycles. The standard InChI is InChI=1S/C19H26N6O/c1-12-13(2)23-25(14(12)3)11-18(26)24-8-6-16-15(10-24)9-21-19(22-16)17-5-4-7-20-17/h9,17,20H,4-8,10-11H2,1-3H3. The highest BCUT2D eigenvalue weighted by molar-refractivity contribution is 5.76. The number of aromatic nitrogens is 4. The topological polar surface area (TPSA) is 75.9 Å². The van der Waals surface area contributed by atoms with Crippen LogP contribution in [-0.4, -0.2) is 43.6 Å². The lowest BCUT2D eigenvalue weighted by Gasteiger charge is -2.28. The van der Waals surface area contributed by atoms with Crippen LogP contribution < -0.4 is 5.32 Å². The molecule has 0 saturated carbocycles. The molecule has 0 radical (unpaired) electrons. The molecule has 4 rings (SSSR count). The van der Waals surface area contributed by atoms with Crippen LogP contribution in [0.5, 0.6) is 0 Å². The molecule has 2 aromatic heterocycles. The summed E-state index contributed by atoms with van der Waals surface area (Å²) >= 11 is 0. The summed E-state index contributed by atoms with van der Waals surface area (Å²) in [6, 6.07) is 0.286.